The van der Waals surface area contributed by atoms with Gasteiger partial charge in [0.05, 0.1) is 12.2 Å². The van der Waals surface area contributed by atoms with Gasteiger partial charge in [0.2, 0.25) is 5.91 Å². The van der Waals surface area contributed by atoms with E-state index in [9.17, 15) is 9.59 Å². The number of nitrogens with zero attached hydrogens (tertiary/aromatic N) is 1. The van der Waals surface area contributed by atoms with E-state index in [0.717, 1.165) is 0 Å². The van der Waals surface area contributed by atoms with Crippen molar-refractivity contribution < 1.29 is 9.59 Å². The molecule has 0 unspecified atom stereocenters. The molecule has 0 aliphatic heterocycles. The predicted molar refractivity (Wildman–Crippen MR) is 70.2 cm³/mol. The highest BCUT2D eigenvalue weighted by molar-refractivity contribution is 5.96. The lowest BCUT2D eigenvalue weighted by Gasteiger charge is -2.12. The van der Waals surface area contributed by atoms with Crippen LogP contribution in [0.25, 0.3) is 0 Å². The third kappa shape index (κ3) is 3.51. The Morgan fingerprint density at radius 2 is 2.06 bits per heavy atom. The van der Waals surface area contributed by atoms with Crippen molar-refractivity contribution in [3.8, 4) is 0 Å². The quantitative estimate of drug-likeness (QED) is 0.713. The zero-order valence-electron chi connectivity index (χ0n) is 11.0. The fourth-order valence-corrected chi connectivity index (χ4v) is 1.62. The van der Waals surface area contributed by atoms with Gasteiger partial charge in [0.15, 0.2) is 0 Å². The molecule has 1 heterocycles. The first-order valence-electron chi connectivity index (χ1n) is 5.98. The second-order valence-electron chi connectivity index (χ2n) is 4.30. The van der Waals surface area contributed by atoms with Gasteiger partial charge in [0.25, 0.3) is 5.91 Å². The molecule has 0 radical (unpaired) electrons. The van der Waals surface area contributed by atoms with E-state index in [-0.39, 0.29) is 24.4 Å². The molecule has 0 saturated carbocycles. The molecule has 1 aromatic rings. The Morgan fingerprint density at radius 1 is 1.39 bits per heavy atom. The molecular weight excluding hydrogens is 232 g/mol. The first-order chi connectivity index (χ1) is 8.45. The Hall–Kier alpha value is -1.98. The van der Waals surface area contributed by atoms with Gasteiger partial charge in [-0.15, -0.1) is 0 Å². The number of nitrogen functional groups attached to an aromatic ring is 1. The molecule has 0 fully saturated rings. The van der Waals surface area contributed by atoms with Gasteiger partial charge < -0.3 is 20.9 Å². The zero-order chi connectivity index (χ0) is 13.7. The number of amides is 2. The van der Waals surface area contributed by atoms with Gasteiger partial charge in [-0.05, 0) is 26.8 Å². The van der Waals surface area contributed by atoms with Crippen LogP contribution >= 0.6 is 0 Å². The molecule has 4 N–H and O–H groups in total. The molecule has 18 heavy (non-hydrogen) atoms. The van der Waals surface area contributed by atoms with Gasteiger partial charge in [-0.3, -0.25) is 9.59 Å². The van der Waals surface area contributed by atoms with E-state index >= 15 is 0 Å². The van der Waals surface area contributed by atoms with E-state index in [1.165, 1.54) is 0 Å². The molecule has 2 amide bonds. The van der Waals surface area contributed by atoms with Crippen LogP contribution in [0.5, 0.6) is 0 Å². The number of anilines is 1. The van der Waals surface area contributed by atoms with Crippen LogP contribution in [0, 0.1) is 0 Å². The van der Waals surface area contributed by atoms with Gasteiger partial charge in [-0.2, -0.15) is 0 Å². The monoisotopic (exact) mass is 252 g/mol. The van der Waals surface area contributed by atoms with Crippen molar-refractivity contribution in [1.29, 1.82) is 0 Å². The van der Waals surface area contributed by atoms with Crippen LogP contribution in [-0.2, 0) is 4.79 Å². The average molecular weight is 252 g/mol. The van der Waals surface area contributed by atoms with Crippen molar-refractivity contribution in [3.05, 3.63) is 18.0 Å². The number of hydrogen-bond donors (Lipinski definition) is 3. The van der Waals surface area contributed by atoms with Crippen LogP contribution in [-0.4, -0.2) is 29.5 Å². The summed E-state index contributed by atoms with van der Waals surface area (Å²) < 4.78 is 1.78. The topological polar surface area (TPSA) is 89.2 Å². The minimum absolute atomic E-state index is 0.0319. The van der Waals surface area contributed by atoms with Crippen molar-refractivity contribution in [2.45, 2.75) is 26.8 Å². The molecule has 0 aliphatic rings. The SMILES string of the molecule is CCNC(=O)CNC(=O)c1cc(N)cn1C(C)C. The van der Waals surface area contributed by atoms with Gasteiger partial charge in [-0.1, -0.05) is 0 Å². The predicted octanol–water partition coefficient (Wildman–Crippen LogP) is 0.517. The minimum atomic E-state index is -0.299. The number of hydrogen-bond acceptors (Lipinski definition) is 3. The number of rotatable bonds is 5. The van der Waals surface area contributed by atoms with E-state index in [2.05, 4.69) is 10.6 Å². The molecule has 100 valence electrons. The smallest absolute Gasteiger partial charge is 0.268 e. The zero-order valence-corrected chi connectivity index (χ0v) is 11.0. The standard InChI is InChI=1S/C12H20N4O2/c1-4-14-11(17)6-15-12(18)10-5-9(13)7-16(10)8(2)3/h5,7-8H,4,6,13H2,1-3H3,(H,14,17)(H,15,18). The molecule has 0 saturated heterocycles. The largest absolute Gasteiger partial charge is 0.397 e. The number of nitrogens with one attached hydrogen (secondary N) is 2. The van der Waals surface area contributed by atoms with E-state index in [1.54, 1.807) is 16.8 Å². The number of likely N-dealkylation sites (N-methyl/N-ethyl adjacent to an activating group) is 1. The maximum atomic E-state index is 11.9. The summed E-state index contributed by atoms with van der Waals surface area (Å²) in [6.07, 6.45) is 1.71. The Morgan fingerprint density at radius 3 is 2.61 bits per heavy atom. The number of carbonyl (C=O) groups is 2. The van der Waals surface area contributed by atoms with Crippen LogP contribution in [0.1, 0.15) is 37.3 Å². The Kier molecular flexibility index (Phi) is 4.76. The molecule has 0 atom stereocenters. The third-order valence-corrected chi connectivity index (χ3v) is 2.44. The maximum absolute atomic E-state index is 11.9. The molecule has 1 aromatic heterocycles. The summed E-state index contributed by atoms with van der Waals surface area (Å²) in [5, 5.41) is 5.17. The second-order valence-corrected chi connectivity index (χ2v) is 4.30. The lowest BCUT2D eigenvalue weighted by molar-refractivity contribution is -0.120. The van der Waals surface area contributed by atoms with Crippen molar-refractivity contribution >= 4 is 17.5 Å². The maximum Gasteiger partial charge on any atom is 0.268 e. The molecule has 0 bridgehead atoms. The number of carbonyl (C=O) groups excluding carboxylic acids is 2. The van der Waals surface area contributed by atoms with E-state index in [0.29, 0.717) is 17.9 Å². The van der Waals surface area contributed by atoms with E-state index < -0.39 is 0 Å². The summed E-state index contributed by atoms with van der Waals surface area (Å²) >= 11 is 0. The second kappa shape index (κ2) is 6.09. The lowest BCUT2D eigenvalue weighted by atomic mass is 10.3. The Labute approximate surface area is 107 Å². The van der Waals surface area contributed by atoms with Crippen LogP contribution < -0.4 is 16.4 Å². The summed E-state index contributed by atoms with van der Waals surface area (Å²) in [4.78, 5) is 23.2. The fourth-order valence-electron chi connectivity index (χ4n) is 1.62. The first-order valence-corrected chi connectivity index (χ1v) is 5.98. The summed E-state index contributed by atoms with van der Waals surface area (Å²) in [7, 11) is 0. The van der Waals surface area contributed by atoms with Crippen molar-refractivity contribution in [1.82, 2.24) is 15.2 Å². The number of aromatic nitrogens is 1. The van der Waals surface area contributed by atoms with Gasteiger partial charge in [0, 0.05) is 18.8 Å². The summed E-state index contributed by atoms with van der Waals surface area (Å²) in [5.74, 6) is -0.506. The molecular formula is C12H20N4O2. The normalized spacial score (nSPS) is 10.4. The third-order valence-electron chi connectivity index (χ3n) is 2.44. The fraction of sp³-hybridized carbons (Fsp3) is 0.500. The summed E-state index contributed by atoms with van der Waals surface area (Å²) in [6, 6.07) is 1.74. The minimum Gasteiger partial charge on any atom is -0.397 e. The van der Waals surface area contributed by atoms with Gasteiger partial charge >= 0.3 is 0 Å². The van der Waals surface area contributed by atoms with Gasteiger partial charge in [0.1, 0.15) is 5.69 Å². The molecule has 0 aromatic carbocycles. The van der Waals surface area contributed by atoms with E-state index in [4.69, 9.17) is 5.73 Å². The van der Waals surface area contributed by atoms with Crippen LogP contribution in [0.3, 0.4) is 0 Å². The Bertz CT molecular complexity index is 437. The summed E-state index contributed by atoms with van der Waals surface area (Å²) in [5.41, 5.74) is 6.68. The molecule has 6 nitrogen and oxygen atoms in total. The molecule has 0 spiro atoms. The highest BCUT2D eigenvalue weighted by atomic mass is 16.2. The van der Waals surface area contributed by atoms with E-state index in [1.807, 2.05) is 20.8 Å². The van der Waals surface area contributed by atoms with Crippen LogP contribution in [0.2, 0.25) is 0 Å². The molecule has 6 heteroatoms. The molecule has 1 rings (SSSR count). The van der Waals surface area contributed by atoms with Crippen molar-refractivity contribution in [2.75, 3.05) is 18.8 Å². The molecule has 0 aliphatic carbocycles. The lowest BCUT2D eigenvalue weighted by Crippen LogP contribution is -2.37. The first kappa shape index (κ1) is 14.1. The Balaban J connectivity index is 2.69. The highest BCUT2D eigenvalue weighted by Crippen LogP contribution is 2.16. The van der Waals surface area contributed by atoms with Crippen LogP contribution in [0.4, 0.5) is 5.69 Å². The van der Waals surface area contributed by atoms with Crippen LogP contribution in [0.15, 0.2) is 12.3 Å². The average Bonchev–Trinajstić information content (AvgIpc) is 2.69. The number of nitrogens with two attached hydrogens (primary N) is 1. The van der Waals surface area contributed by atoms with Crippen molar-refractivity contribution in [2.24, 2.45) is 0 Å². The highest BCUT2D eigenvalue weighted by Gasteiger charge is 2.15. The van der Waals surface area contributed by atoms with Gasteiger partial charge in [-0.25, -0.2) is 0 Å². The van der Waals surface area contributed by atoms with Crippen molar-refractivity contribution in [3.63, 3.8) is 0 Å². The summed E-state index contributed by atoms with van der Waals surface area (Å²) in [6.45, 7) is 6.25.